The second-order valence-electron chi connectivity index (χ2n) is 3.36. The van der Waals surface area contributed by atoms with Crippen molar-refractivity contribution in [2.45, 2.75) is 0 Å². The minimum Gasteiger partial charge on any atom is -0.383 e. The molecule has 0 saturated carbocycles. The van der Waals surface area contributed by atoms with E-state index in [1.165, 1.54) is 0 Å². The van der Waals surface area contributed by atoms with E-state index in [0.717, 1.165) is 11.4 Å². The van der Waals surface area contributed by atoms with Gasteiger partial charge in [0.25, 0.3) is 5.91 Å². The summed E-state index contributed by atoms with van der Waals surface area (Å²) >= 11 is 0. The predicted molar refractivity (Wildman–Crippen MR) is 54.5 cm³/mol. The molecule has 2 heterocycles. The van der Waals surface area contributed by atoms with Crippen LogP contribution >= 0.6 is 0 Å². The van der Waals surface area contributed by atoms with Crippen LogP contribution in [0.4, 0.5) is 5.69 Å². The summed E-state index contributed by atoms with van der Waals surface area (Å²) in [6.45, 7) is 0. The molecular formula is C10H11N3O. The maximum Gasteiger partial charge on any atom is 0.259 e. The summed E-state index contributed by atoms with van der Waals surface area (Å²) in [5.41, 5.74) is 2.13. The maximum absolute atomic E-state index is 11.5. The molecule has 4 heteroatoms. The van der Waals surface area contributed by atoms with Crippen molar-refractivity contribution >= 4 is 17.2 Å². The van der Waals surface area contributed by atoms with Gasteiger partial charge in [-0.25, -0.2) is 0 Å². The molecule has 2 rings (SSSR count). The van der Waals surface area contributed by atoms with E-state index < -0.39 is 0 Å². The van der Waals surface area contributed by atoms with E-state index >= 15 is 0 Å². The van der Waals surface area contributed by atoms with Gasteiger partial charge < -0.3 is 10.2 Å². The number of rotatable bonds is 1. The van der Waals surface area contributed by atoms with Crippen LogP contribution in [-0.2, 0) is 4.79 Å². The van der Waals surface area contributed by atoms with Gasteiger partial charge in [-0.15, -0.1) is 0 Å². The van der Waals surface area contributed by atoms with Crippen LogP contribution in [0.15, 0.2) is 24.5 Å². The number of amides is 1. The first-order valence-corrected chi connectivity index (χ1v) is 4.33. The van der Waals surface area contributed by atoms with Gasteiger partial charge in [0.1, 0.15) is 5.69 Å². The van der Waals surface area contributed by atoms with Gasteiger partial charge in [0, 0.05) is 26.5 Å². The van der Waals surface area contributed by atoms with Gasteiger partial charge in [0.2, 0.25) is 0 Å². The number of fused-ring (bicyclic) bond motifs is 1. The molecule has 4 nitrogen and oxygen atoms in total. The van der Waals surface area contributed by atoms with E-state index in [4.69, 9.17) is 0 Å². The first kappa shape index (κ1) is 8.74. The third kappa shape index (κ3) is 1.35. The van der Waals surface area contributed by atoms with Crippen molar-refractivity contribution in [2.24, 2.45) is 0 Å². The fraction of sp³-hybridized carbons (Fsp3) is 0.200. The number of nitrogens with one attached hydrogen (secondary N) is 1. The van der Waals surface area contributed by atoms with Gasteiger partial charge in [-0.2, -0.15) is 0 Å². The van der Waals surface area contributed by atoms with Gasteiger partial charge in [0.15, 0.2) is 0 Å². The highest BCUT2D eigenvalue weighted by molar-refractivity contribution is 6.30. The van der Waals surface area contributed by atoms with Crippen molar-refractivity contribution in [3.63, 3.8) is 0 Å². The zero-order chi connectivity index (χ0) is 10.1. The molecule has 0 radical (unpaired) electrons. The lowest BCUT2D eigenvalue weighted by Gasteiger charge is -2.05. The number of hydrogen-bond acceptors (Lipinski definition) is 3. The zero-order valence-corrected chi connectivity index (χ0v) is 8.11. The van der Waals surface area contributed by atoms with Crippen LogP contribution in [0.5, 0.6) is 0 Å². The largest absolute Gasteiger partial charge is 0.383 e. The average Bonchev–Trinajstić information content (AvgIpc) is 2.43. The maximum atomic E-state index is 11.5. The molecule has 1 aromatic heterocycles. The third-order valence-corrected chi connectivity index (χ3v) is 1.94. The molecule has 1 aliphatic heterocycles. The Balaban J connectivity index is 2.50. The van der Waals surface area contributed by atoms with Gasteiger partial charge in [-0.05, 0) is 12.1 Å². The standard InChI is InChI=1S/C10H11N3O/c1-13(2)6-7-9-8(12-10(7)14)4-3-5-11-9/h3-6H,1-2H3,(H,12,14). The van der Waals surface area contributed by atoms with Crippen LogP contribution in [-0.4, -0.2) is 29.9 Å². The number of carbonyl (C=O) groups is 1. The van der Waals surface area contributed by atoms with E-state index in [0.29, 0.717) is 5.57 Å². The SMILES string of the molecule is CN(C)C=C1C(=O)Nc2cccnc21. The molecular weight excluding hydrogens is 178 g/mol. The molecule has 0 saturated heterocycles. The Morgan fingerprint density at radius 2 is 2.29 bits per heavy atom. The van der Waals surface area contributed by atoms with E-state index in [9.17, 15) is 4.79 Å². The summed E-state index contributed by atoms with van der Waals surface area (Å²) in [4.78, 5) is 17.5. The topological polar surface area (TPSA) is 45.2 Å². The number of anilines is 1. The Morgan fingerprint density at radius 1 is 1.50 bits per heavy atom. The molecule has 72 valence electrons. The van der Waals surface area contributed by atoms with Crippen LogP contribution in [0.1, 0.15) is 5.69 Å². The minimum absolute atomic E-state index is 0.0904. The van der Waals surface area contributed by atoms with Crippen molar-refractivity contribution in [3.05, 3.63) is 30.2 Å². The normalized spacial score (nSPS) is 16.7. The molecule has 1 amide bonds. The molecule has 1 aliphatic rings. The second-order valence-corrected chi connectivity index (χ2v) is 3.36. The third-order valence-electron chi connectivity index (χ3n) is 1.94. The number of aromatic nitrogens is 1. The van der Waals surface area contributed by atoms with Gasteiger partial charge in [-0.1, -0.05) is 0 Å². The van der Waals surface area contributed by atoms with E-state index in [-0.39, 0.29) is 5.91 Å². The fourth-order valence-corrected chi connectivity index (χ4v) is 1.40. The Labute approximate surface area is 82.3 Å². The molecule has 1 N–H and O–H groups in total. The first-order chi connectivity index (χ1) is 6.68. The molecule has 0 aromatic carbocycles. The lowest BCUT2D eigenvalue weighted by atomic mass is 10.2. The molecule has 1 aromatic rings. The molecule has 14 heavy (non-hydrogen) atoms. The van der Waals surface area contributed by atoms with Crippen molar-refractivity contribution in [2.75, 3.05) is 19.4 Å². The summed E-state index contributed by atoms with van der Waals surface area (Å²) in [5, 5.41) is 2.76. The number of carbonyl (C=O) groups excluding carboxylic acids is 1. The highest BCUT2D eigenvalue weighted by Gasteiger charge is 2.24. The quantitative estimate of drug-likeness (QED) is 0.668. The average molecular weight is 189 g/mol. The van der Waals surface area contributed by atoms with Crippen molar-refractivity contribution < 1.29 is 4.79 Å². The summed E-state index contributed by atoms with van der Waals surface area (Å²) in [6.07, 6.45) is 3.46. The number of pyridine rings is 1. The van der Waals surface area contributed by atoms with Crippen molar-refractivity contribution in [1.82, 2.24) is 9.88 Å². The van der Waals surface area contributed by atoms with E-state index in [1.807, 2.05) is 25.1 Å². The van der Waals surface area contributed by atoms with Crippen LogP contribution in [0.2, 0.25) is 0 Å². The summed E-state index contributed by atoms with van der Waals surface area (Å²) in [5.74, 6) is -0.0904. The Kier molecular flexibility index (Phi) is 1.96. The van der Waals surface area contributed by atoms with Crippen molar-refractivity contribution in [1.29, 1.82) is 0 Å². The Hall–Kier alpha value is -1.84. The van der Waals surface area contributed by atoms with Crippen molar-refractivity contribution in [3.8, 4) is 0 Å². The first-order valence-electron chi connectivity index (χ1n) is 4.33. The molecule has 0 fully saturated rings. The highest BCUT2D eigenvalue weighted by atomic mass is 16.2. The second kappa shape index (κ2) is 3.14. The molecule has 0 bridgehead atoms. The van der Waals surface area contributed by atoms with Gasteiger partial charge in [0.05, 0.1) is 11.3 Å². The zero-order valence-electron chi connectivity index (χ0n) is 8.11. The Bertz CT molecular complexity index is 410. The highest BCUT2D eigenvalue weighted by Crippen LogP contribution is 2.28. The van der Waals surface area contributed by atoms with Crippen LogP contribution in [0.3, 0.4) is 0 Å². The number of hydrogen-bond donors (Lipinski definition) is 1. The molecule has 0 aliphatic carbocycles. The molecule has 0 atom stereocenters. The predicted octanol–water partition coefficient (Wildman–Crippen LogP) is 0.936. The molecule has 0 unspecified atom stereocenters. The lowest BCUT2D eigenvalue weighted by molar-refractivity contribution is -0.110. The number of nitrogens with zero attached hydrogens (tertiary/aromatic N) is 2. The summed E-state index contributed by atoms with van der Waals surface area (Å²) < 4.78 is 0. The van der Waals surface area contributed by atoms with Gasteiger partial charge in [-0.3, -0.25) is 9.78 Å². The van der Waals surface area contributed by atoms with E-state index in [1.54, 1.807) is 18.5 Å². The van der Waals surface area contributed by atoms with Crippen LogP contribution in [0.25, 0.3) is 5.57 Å². The van der Waals surface area contributed by atoms with Gasteiger partial charge >= 0.3 is 0 Å². The minimum atomic E-state index is -0.0904. The van der Waals surface area contributed by atoms with Crippen LogP contribution in [0, 0.1) is 0 Å². The monoisotopic (exact) mass is 189 g/mol. The Morgan fingerprint density at radius 3 is 3.00 bits per heavy atom. The molecule has 0 spiro atoms. The fourth-order valence-electron chi connectivity index (χ4n) is 1.40. The lowest BCUT2D eigenvalue weighted by Crippen LogP contribution is -2.08. The summed E-state index contributed by atoms with van der Waals surface area (Å²) in [6, 6.07) is 3.65. The van der Waals surface area contributed by atoms with E-state index in [2.05, 4.69) is 10.3 Å². The summed E-state index contributed by atoms with van der Waals surface area (Å²) in [7, 11) is 3.75. The smallest absolute Gasteiger partial charge is 0.259 e. The van der Waals surface area contributed by atoms with Crippen LogP contribution < -0.4 is 5.32 Å².